The van der Waals surface area contributed by atoms with Crippen molar-refractivity contribution in [2.24, 2.45) is 0 Å². The standard InChI is InChI=1S/C19H27N5O3.ClH/c1-12-9-20-10-13(2)24(12)11-18(26)22-15-5-3-4-14(8-15)21-16-6-7-17(25)23-19(16)27;/h3-5,8,12-13,16,20-21H,6-7,9-11H2,1-2H3,(H,22,26)(H,23,25,27);1H/t12-,13+,16?;. The number of halogens is 1. The lowest BCUT2D eigenvalue weighted by Crippen LogP contribution is -2.56. The number of piperidine rings is 1. The Balaban J connectivity index is 0.00000280. The van der Waals surface area contributed by atoms with Crippen molar-refractivity contribution in [3.05, 3.63) is 24.3 Å². The van der Waals surface area contributed by atoms with E-state index in [1.807, 2.05) is 18.2 Å². The first-order valence-electron chi connectivity index (χ1n) is 9.39. The summed E-state index contributed by atoms with van der Waals surface area (Å²) in [6, 6.07) is 7.43. The van der Waals surface area contributed by atoms with E-state index in [2.05, 4.69) is 40.0 Å². The summed E-state index contributed by atoms with van der Waals surface area (Å²) >= 11 is 0. The van der Waals surface area contributed by atoms with Gasteiger partial charge in [0.25, 0.3) is 0 Å². The van der Waals surface area contributed by atoms with E-state index in [-0.39, 0.29) is 30.1 Å². The number of carbonyl (C=O) groups excluding carboxylic acids is 3. The SMILES string of the molecule is C[C@@H]1CNC[C@H](C)N1CC(=O)Nc1cccc(NC2CCC(=O)NC2=O)c1.Cl. The maximum Gasteiger partial charge on any atom is 0.249 e. The summed E-state index contributed by atoms with van der Waals surface area (Å²) in [4.78, 5) is 37.8. The van der Waals surface area contributed by atoms with Gasteiger partial charge in [0.05, 0.1) is 6.54 Å². The Kier molecular flexibility index (Phi) is 7.79. The Morgan fingerprint density at radius 3 is 2.54 bits per heavy atom. The molecule has 8 nitrogen and oxygen atoms in total. The lowest BCUT2D eigenvalue weighted by molar-refractivity contribution is -0.133. The molecular formula is C19H28ClN5O3. The van der Waals surface area contributed by atoms with Crippen molar-refractivity contribution >= 4 is 41.5 Å². The Morgan fingerprint density at radius 1 is 1.18 bits per heavy atom. The number of amides is 3. The summed E-state index contributed by atoms with van der Waals surface area (Å²) in [6.45, 7) is 6.32. The van der Waals surface area contributed by atoms with E-state index in [9.17, 15) is 14.4 Å². The largest absolute Gasteiger partial charge is 0.374 e. The van der Waals surface area contributed by atoms with Gasteiger partial charge in [-0.15, -0.1) is 12.4 Å². The van der Waals surface area contributed by atoms with Gasteiger partial charge in [0, 0.05) is 43.0 Å². The van der Waals surface area contributed by atoms with E-state index < -0.39 is 6.04 Å². The molecule has 1 aromatic rings. The van der Waals surface area contributed by atoms with Gasteiger partial charge in [-0.3, -0.25) is 24.6 Å². The summed E-state index contributed by atoms with van der Waals surface area (Å²) in [5.41, 5.74) is 1.40. The fraction of sp³-hybridized carbons (Fsp3) is 0.526. The molecule has 0 aromatic heterocycles. The number of benzene rings is 1. The molecule has 2 fully saturated rings. The van der Waals surface area contributed by atoms with Crippen molar-refractivity contribution in [2.75, 3.05) is 30.3 Å². The molecule has 0 bridgehead atoms. The third kappa shape index (κ3) is 5.67. The average molecular weight is 410 g/mol. The van der Waals surface area contributed by atoms with Crippen molar-refractivity contribution in [3.8, 4) is 0 Å². The summed E-state index contributed by atoms with van der Waals surface area (Å²) in [7, 11) is 0. The first-order valence-corrected chi connectivity index (χ1v) is 9.39. The first-order chi connectivity index (χ1) is 12.9. The third-order valence-corrected chi connectivity index (χ3v) is 5.06. The Hall–Kier alpha value is -2.16. The molecule has 0 radical (unpaired) electrons. The van der Waals surface area contributed by atoms with Crippen LogP contribution in [0.5, 0.6) is 0 Å². The van der Waals surface area contributed by atoms with Crippen LogP contribution in [0.25, 0.3) is 0 Å². The number of anilines is 2. The van der Waals surface area contributed by atoms with Crippen LogP contribution in [0.15, 0.2) is 24.3 Å². The number of hydrogen-bond acceptors (Lipinski definition) is 6. The van der Waals surface area contributed by atoms with Crippen LogP contribution >= 0.6 is 12.4 Å². The van der Waals surface area contributed by atoms with Crippen molar-refractivity contribution in [1.29, 1.82) is 0 Å². The van der Waals surface area contributed by atoms with Gasteiger partial charge in [-0.2, -0.15) is 0 Å². The van der Waals surface area contributed by atoms with Crippen molar-refractivity contribution < 1.29 is 14.4 Å². The zero-order chi connectivity index (χ0) is 19.4. The number of rotatable bonds is 5. The Morgan fingerprint density at radius 2 is 1.86 bits per heavy atom. The first kappa shape index (κ1) is 22.1. The fourth-order valence-electron chi connectivity index (χ4n) is 3.57. The molecule has 0 aliphatic carbocycles. The minimum Gasteiger partial charge on any atom is -0.374 e. The van der Waals surface area contributed by atoms with Crippen LogP contribution in [0.3, 0.4) is 0 Å². The molecular weight excluding hydrogens is 382 g/mol. The monoisotopic (exact) mass is 409 g/mol. The van der Waals surface area contributed by atoms with Crippen LogP contribution < -0.4 is 21.3 Å². The molecule has 3 atom stereocenters. The van der Waals surface area contributed by atoms with Crippen molar-refractivity contribution in [2.45, 2.75) is 44.8 Å². The Bertz CT molecular complexity index is 719. The van der Waals surface area contributed by atoms with E-state index in [0.717, 1.165) is 18.8 Å². The molecule has 9 heteroatoms. The summed E-state index contributed by atoms with van der Waals surface area (Å²) in [6.07, 6.45) is 0.779. The molecule has 1 aromatic carbocycles. The van der Waals surface area contributed by atoms with Crippen molar-refractivity contribution in [3.63, 3.8) is 0 Å². The molecule has 3 rings (SSSR count). The van der Waals surface area contributed by atoms with Gasteiger partial charge in [0.2, 0.25) is 17.7 Å². The second-order valence-electron chi connectivity index (χ2n) is 7.31. The van der Waals surface area contributed by atoms with Gasteiger partial charge in [0.15, 0.2) is 0 Å². The zero-order valence-corrected chi connectivity index (χ0v) is 17.0. The summed E-state index contributed by atoms with van der Waals surface area (Å²) < 4.78 is 0. The van der Waals surface area contributed by atoms with Gasteiger partial charge >= 0.3 is 0 Å². The smallest absolute Gasteiger partial charge is 0.249 e. The molecule has 28 heavy (non-hydrogen) atoms. The lowest BCUT2D eigenvalue weighted by Gasteiger charge is -2.38. The molecule has 0 spiro atoms. The van der Waals surface area contributed by atoms with E-state index in [1.54, 1.807) is 6.07 Å². The minimum absolute atomic E-state index is 0. The number of nitrogens with zero attached hydrogens (tertiary/aromatic N) is 1. The van der Waals surface area contributed by atoms with Crippen LogP contribution in [0.4, 0.5) is 11.4 Å². The van der Waals surface area contributed by atoms with Crippen LogP contribution in [0.2, 0.25) is 0 Å². The highest BCUT2D eigenvalue weighted by Crippen LogP contribution is 2.19. The van der Waals surface area contributed by atoms with Gasteiger partial charge in [-0.05, 0) is 38.5 Å². The molecule has 3 amide bonds. The number of nitrogens with one attached hydrogen (secondary N) is 4. The lowest BCUT2D eigenvalue weighted by atomic mass is 10.1. The van der Waals surface area contributed by atoms with Gasteiger partial charge < -0.3 is 16.0 Å². The van der Waals surface area contributed by atoms with Crippen LogP contribution in [-0.2, 0) is 14.4 Å². The number of carbonyl (C=O) groups is 3. The van der Waals surface area contributed by atoms with E-state index in [1.165, 1.54) is 0 Å². The van der Waals surface area contributed by atoms with Gasteiger partial charge in [-0.25, -0.2) is 0 Å². The molecule has 0 saturated carbocycles. The van der Waals surface area contributed by atoms with E-state index >= 15 is 0 Å². The highest BCUT2D eigenvalue weighted by molar-refractivity contribution is 6.01. The third-order valence-electron chi connectivity index (χ3n) is 5.06. The zero-order valence-electron chi connectivity index (χ0n) is 16.2. The number of imide groups is 1. The normalized spacial score (nSPS) is 25.4. The van der Waals surface area contributed by atoms with Crippen LogP contribution in [0, 0.1) is 0 Å². The molecule has 154 valence electrons. The number of piperazine rings is 1. The Labute approximate surface area is 171 Å². The molecule has 2 aliphatic rings. The molecule has 2 aliphatic heterocycles. The summed E-state index contributed by atoms with van der Waals surface area (Å²) in [5.74, 6) is -0.619. The second kappa shape index (κ2) is 9.86. The molecule has 1 unspecified atom stereocenters. The van der Waals surface area contributed by atoms with E-state index in [4.69, 9.17) is 0 Å². The second-order valence-corrected chi connectivity index (χ2v) is 7.31. The molecule has 2 saturated heterocycles. The van der Waals surface area contributed by atoms with E-state index in [0.29, 0.717) is 37.2 Å². The quantitative estimate of drug-likeness (QED) is 0.540. The summed E-state index contributed by atoms with van der Waals surface area (Å²) in [5, 5.41) is 11.7. The maximum atomic E-state index is 12.5. The topological polar surface area (TPSA) is 103 Å². The highest BCUT2D eigenvalue weighted by atomic mass is 35.5. The molecule has 4 N–H and O–H groups in total. The predicted molar refractivity (Wildman–Crippen MR) is 111 cm³/mol. The van der Waals surface area contributed by atoms with Crippen molar-refractivity contribution in [1.82, 2.24) is 15.5 Å². The van der Waals surface area contributed by atoms with Crippen LogP contribution in [0.1, 0.15) is 26.7 Å². The minimum atomic E-state index is -0.448. The maximum absolute atomic E-state index is 12.5. The van der Waals surface area contributed by atoms with Crippen LogP contribution in [-0.4, -0.2) is 60.4 Å². The predicted octanol–water partition coefficient (Wildman–Crippen LogP) is 0.946. The highest BCUT2D eigenvalue weighted by Gasteiger charge is 2.27. The van der Waals surface area contributed by atoms with Gasteiger partial charge in [-0.1, -0.05) is 6.07 Å². The molecule has 2 heterocycles. The fourth-order valence-corrected chi connectivity index (χ4v) is 3.57. The average Bonchev–Trinajstić information content (AvgIpc) is 2.61. The van der Waals surface area contributed by atoms with Gasteiger partial charge in [0.1, 0.15) is 6.04 Å². The number of hydrogen-bond donors (Lipinski definition) is 4.